The minimum absolute atomic E-state index is 0.0969. The van der Waals surface area contributed by atoms with Crippen molar-refractivity contribution in [2.24, 2.45) is 4.99 Å². The smallest absolute Gasteiger partial charge is 0.266 e. The van der Waals surface area contributed by atoms with Gasteiger partial charge in [-0.25, -0.2) is 9.38 Å². The molecule has 0 aliphatic carbocycles. The van der Waals surface area contributed by atoms with E-state index in [1.54, 1.807) is 23.1 Å². The van der Waals surface area contributed by atoms with Gasteiger partial charge in [0.25, 0.3) is 5.91 Å². The summed E-state index contributed by atoms with van der Waals surface area (Å²) in [4.78, 5) is 20.1. The second-order valence-corrected chi connectivity index (χ2v) is 10.2. The summed E-state index contributed by atoms with van der Waals surface area (Å²) in [6.45, 7) is 5.02. The molecule has 36 heavy (non-hydrogen) atoms. The molecule has 0 bridgehead atoms. The fourth-order valence-electron chi connectivity index (χ4n) is 4.29. The highest BCUT2D eigenvalue weighted by Gasteiger charge is 2.32. The Balaban J connectivity index is 1.56. The Labute approximate surface area is 223 Å². The Hall–Kier alpha value is -3.06. The maximum atomic E-state index is 13.3. The van der Waals surface area contributed by atoms with Crippen molar-refractivity contribution in [1.29, 1.82) is 0 Å². The normalized spacial score (nSPS) is 16.1. The molecule has 4 aromatic rings. The number of carbonyl (C=O) groups excluding carboxylic acids is 1. The molecule has 0 unspecified atom stereocenters. The Morgan fingerprint density at radius 1 is 1.06 bits per heavy atom. The van der Waals surface area contributed by atoms with Crippen molar-refractivity contribution in [3.8, 4) is 0 Å². The molecule has 8 heteroatoms. The van der Waals surface area contributed by atoms with Crippen molar-refractivity contribution in [3.63, 3.8) is 0 Å². The van der Waals surface area contributed by atoms with Crippen LogP contribution >= 0.6 is 35.0 Å². The van der Waals surface area contributed by atoms with Gasteiger partial charge in [-0.05, 0) is 79.7 Å². The van der Waals surface area contributed by atoms with E-state index in [2.05, 4.69) is 21.7 Å². The third-order valence-corrected chi connectivity index (χ3v) is 7.75. The molecule has 1 aliphatic heterocycles. The standard InChI is InChI=1S/C28H22Cl2FN3OS/c1-3-33-27(35)26(36-28(33)32-21-12-10-20(31)11-13-21)15-23-17(2)34(25-7-5-4-6-22(23)25)16-18-8-9-19(29)14-24(18)30/h4-15H,3,16H2,1-2H3/b26-15+,32-28?. The molecule has 3 aromatic carbocycles. The topological polar surface area (TPSA) is 37.6 Å². The van der Waals surface area contributed by atoms with Gasteiger partial charge in [0.15, 0.2) is 5.17 Å². The molecule has 5 rings (SSSR count). The molecular formula is C28H22Cl2FN3OS. The number of amides is 1. The number of aromatic nitrogens is 1. The lowest BCUT2D eigenvalue weighted by molar-refractivity contribution is -0.122. The Bertz CT molecular complexity index is 1540. The van der Waals surface area contributed by atoms with Crippen molar-refractivity contribution < 1.29 is 9.18 Å². The highest BCUT2D eigenvalue weighted by atomic mass is 35.5. The fourth-order valence-corrected chi connectivity index (χ4v) is 5.80. The summed E-state index contributed by atoms with van der Waals surface area (Å²) < 4.78 is 15.5. The van der Waals surface area contributed by atoms with Gasteiger partial charge in [0.1, 0.15) is 5.82 Å². The van der Waals surface area contributed by atoms with Gasteiger partial charge >= 0.3 is 0 Å². The summed E-state index contributed by atoms with van der Waals surface area (Å²) in [7, 11) is 0. The number of hydrogen-bond donors (Lipinski definition) is 0. The van der Waals surface area contributed by atoms with E-state index < -0.39 is 0 Å². The van der Waals surface area contributed by atoms with Gasteiger partial charge in [-0.2, -0.15) is 0 Å². The quantitative estimate of drug-likeness (QED) is 0.241. The highest BCUT2D eigenvalue weighted by molar-refractivity contribution is 8.18. The molecule has 1 fully saturated rings. The molecule has 0 N–H and O–H groups in total. The van der Waals surface area contributed by atoms with Crippen LogP contribution in [0.4, 0.5) is 10.1 Å². The van der Waals surface area contributed by atoms with Gasteiger partial charge in [0.2, 0.25) is 0 Å². The van der Waals surface area contributed by atoms with Crippen molar-refractivity contribution in [3.05, 3.63) is 104 Å². The molecule has 182 valence electrons. The van der Waals surface area contributed by atoms with Gasteiger partial charge in [-0.1, -0.05) is 47.5 Å². The highest BCUT2D eigenvalue weighted by Crippen LogP contribution is 2.37. The number of halogens is 3. The Morgan fingerprint density at radius 2 is 1.81 bits per heavy atom. The second-order valence-electron chi connectivity index (χ2n) is 8.37. The van der Waals surface area contributed by atoms with Crippen molar-refractivity contribution >= 4 is 68.7 Å². The number of hydrogen-bond acceptors (Lipinski definition) is 3. The zero-order valence-corrected chi connectivity index (χ0v) is 22.0. The number of fused-ring (bicyclic) bond motifs is 1. The van der Waals surface area contributed by atoms with E-state index in [4.69, 9.17) is 23.2 Å². The van der Waals surface area contributed by atoms with Crippen LogP contribution in [0.5, 0.6) is 0 Å². The number of thioether (sulfide) groups is 1. The summed E-state index contributed by atoms with van der Waals surface area (Å²) in [6.07, 6.45) is 1.94. The van der Waals surface area contributed by atoms with Gasteiger partial charge in [0, 0.05) is 45.3 Å². The summed E-state index contributed by atoms with van der Waals surface area (Å²) in [5.41, 5.74) is 4.61. The third kappa shape index (κ3) is 4.69. The SMILES string of the molecule is CCN1C(=O)/C(=C\c2c(C)n(Cc3ccc(Cl)cc3Cl)c3ccccc23)SC1=Nc1ccc(F)cc1. The van der Waals surface area contributed by atoms with Crippen LogP contribution in [0, 0.1) is 12.7 Å². The average Bonchev–Trinajstić information content (AvgIpc) is 3.30. The minimum Gasteiger partial charge on any atom is -0.340 e. The van der Waals surface area contributed by atoms with Crippen LogP contribution in [0.1, 0.15) is 23.7 Å². The number of likely N-dealkylation sites (N-methyl/N-ethyl adjacent to an activating group) is 1. The van der Waals surface area contributed by atoms with Gasteiger partial charge in [0.05, 0.1) is 10.6 Å². The molecule has 2 heterocycles. The number of aliphatic imine (C=N–C) groups is 1. The number of nitrogens with zero attached hydrogens (tertiary/aromatic N) is 3. The summed E-state index contributed by atoms with van der Waals surface area (Å²) >= 11 is 13.9. The lowest BCUT2D eigenvalue weighted by Gasteiger charge is -2.12. The van der Waals surface area contributed by atoms with Crippen LogP contribution in [-0.4, -0.2) is 27.1 Å². The summed E-state index contributed by atoms with van der Waals surface area (Å²) in [5, 5.41) is 2.84. The van der Waals surface area contributed by atoms with E-state index in [0.717, 1.165) is 27.7 Å². The van der Waals surface area contributed by atoms with E-state index in [1.807, 2.05) is 44.2 Å². The molecule has 0 atom stereocenters. The van der Waals surface area contributed by atoms with Crippen molar-refractivity contribution in [1.82, 2.24) is 9.47 Å². The first-order valence-corrected chi connectivity index (χ1v) is 13.0. The zero-order valence-electron chi connectivity index (χ0n) is 19.6. The van der Waals surface area contributed by atoms with Crippen LogP contribution in [0.15, 0.2) is 76.6 Å². The van der Waals surface area contributed by atoms with Gasteiger partial charge < -0.3 is 4.57 Å². The maximum absolute atomic E-state index is 13.3. The van der Waals surface area contributed by atoms with Crippen LogP contribution in [-0.2, 0) is 11.3 Å². The maximum Gasteiger partial charge on any atom is 0.266 e. The van der Waals surface area contributed by atoms with Crippen molar-refractivity contribution in [2.45, 2.75) is 20.4 Å². The molecular weight excluding hydrogens is 516 g/mol. The van der Waals surface area contributed by atoms with Crippen LogP contribution in [0.25, 0.3) is 17.0 Å². The number of benzene rings is 3. The van der Waals surface area contributed by atoms with Crippen LogP contribution in [0.3, 0.4) is 0 Å². The molecule has 0 radical (unpaired) electrons. The van der Waals surface area contributed by atoms with E-state index in [-0.39, 0.29) is 11.7 Å². The fraction of sp³-hybridized carbons (Fsp3) is 0.143. The summed E-state index contributed by atoms with van der Waals surface area (Å²) in [6, 6.07) is 19.6. The lowest BCUT2D eigenvalue weighted by atomic mass is 10.1. The minimum atomic E-state index is -0.325. The van der Waals surface area contributed by atoms with Crippen LogP contribution < -0.4 is 0 Å². The van der Waals surface area contributed by atoms with Crippen molar-refractivity contribution in [2.75, 3.05) is 6.54 Å². The van der Waals surface area contributed by atoms with E-state index in [1.165, 1.54) is 23.9 Å². The first-order valence-electron chi connectivity index (χ1n) is 11.4. The first kappa shape index (κ1) is 24.6. The predicted octanol–water partition coefficient (Wildman–Crippen LogP) is 8.07. The number of carbonyl (C=O) groups is 1. The average molecular weight is 538 g/mol. The third-order valence-electron chi connectivity index (χ3n) is 6.15. The number of amidine groups is 1. The monoisotopic (exact) mass is 537 g/mol. The van der Waals surface area contributed by atoms with E-state index in [9.17, 15) is 9.18 Å². The van der Waals surface area contributed by atoms with E-state index in [0.29, 0.717) is 38.9 Å². The molecule has 1 saturated heterocycles. The second kappa shape index (κ2) is 10.1. The largest absolute Gasteiger partial charge is 0.340 e. The Morgan fingerprint density at radius 3 is 2.53 bits per heavy atom. The molecule has 0 spiro atoms. The summed E-state index contributed by atoms with van der Waals surface area (Å²) in [5.74, 6) is -0.422. The van der Waals surface area contributed by atoms with Gasteiger partial charge in [-0.15, -0.1) is 0 Å². The number of rotatable bonds is 5. The molecule has 4 nitrogen and oxygen atoms in total. The van der Waals surface area contributed by atoms with Gasteiger partial charge in [-0.3, -0.25) is 9.69 Å². The van der Waals surface area contributed by atoms with E-state index >= 15 is 0 Å². The molecule has 0 saturated carbocycles. The zero-order chi connectivity index (χ0) is 25.4. The lowest BCUT2D eigenvalue weighted by Crippen LogP contribution is -2.28. The number of para-hydroxylation sites is 1. The predicted molar refractivity (Wildman–Crippen MR) is 149 cm³/mol. The molecule has 1 aromatic heterocycles. The Kier molecular flexibility index (Phi) is 6.93. The molecule has 1 aliphatic rings. The first-order chi connectivity index (χ1) is 17.4. The van der Waals surface area contributed by atoms with Crippen LogP contribution in [0.2, 0.25) is 10.0 Å². The molecule has 1 amide bonds.